The monoisotopic (exact) mass is 965 g/mol. The Morgan fingerprint density at radius 3 is 1.16 bits per heavy atom. The number of carbonyl (C=O) groups excluding carboxylic acids is 2. The minimum Gasteiger partial charge on any atom is -0.657 e. The zero-order valence-corrected chi connectivity index (χ0v) is 40.4. The number of benzene rings is 4. The van der Waals surface area contributed by atoms with Crippen LogP contribution < -0.4 is 19.4 Å². The van der Waals surface area contributed by atoms with Crippen LogP contribution in [0, 0.1) is 6.92 Å². The van der Waals surface area contributed by atoms with Gasteiger partial charge >= 0.3 is 16.8 Å². The van der Waals surface area contributed by atoms with Crippen LogP contribution in [0.3, 0.4) is 0 Å². The Hall–Kier alpha value is -7.59. The van der Waals surface area contributed by atoms with Gasteiger partial charge in [-0.3, -0.25) is 9.59 Å². The van der Waals surface area contributed by atoms with E-state index in [0.29, 0.717) is 26.1 Å². The summed E-state index contributed by atoms with van der Waals surface area (Å²) >= 11 is 0. The van der Waals surface area contributed by atoms with Crippen LogP contribution in [0.5, 0.6) is 11.5 Å². The van der Waals surface area contributed by atoms with Gasteiger partial charge in [0.1, 0.15) is 11.5 Å². The van der Waals surface area contributed by atoms with E-state index in [9.17, 15) is 9.59 Å². The largest absolute Gasteiger partial charge is 2.00 e. The maximum absolute atomic E-state index is 11.6. The number of hydrogen-bond donors (Lipinski definition) is 0. The standard InChI is InChI=1S/C61H54N4O4.Co/c1-4-46(66)17-11-7-13-39-68-48-27-23-44(24-28-48)60-54-33-31-50(62-54)58(42-15-9-6-10-16-42)51-32-34-55(63-51)61(45-25-29-49(30-26-45)69-40-14-8-12-18-47(67)5-2)57-38-36-53(65-57)59(52-35-37-56(60)64-52)43-21-19-41(3)20-22-43;/h4-6,9-10,15-16,19-38H,1-2,7-8,11-14,17-18,39-40H2,3H3;/q-2;+2. The van der Waals surface area contributed by atoms with Gasteiger partial charge in [0, 0.05) is 12.8 Å². The van der Waals surface area contributed by atoms with Gasteiger partial charge in [0.2, 0.25) is 0 Å². The zero-order chi connectivity index (χ0) is 47.5. The van der Waals surface area contributed by atoms with Gasteiger partial charge in [0.25, 0.3) is 0 Å². The van der Waals surface area contributed by atoms with Crippen molar-refractivity contribution in [1.29, 1.82) is 0 Å². The molecule has 0 amide bonds. The fourth-order valence-corrected chi connectivity index (χ4v) is 8.77. The maximum atomic E-state index is 11.6. The van der Waals surface area contributed by atoms with Crippen molar-refractivity contribution < 1.29 is 35.8 Å². The maximum Gasteiger partial charge on any atom is 2.00 e. The molecule has 70 heavy (non-hydrogen) atoms. The Morgan fingerprint density at radius 1 is 0.457 bits per heavy atom. The van der Waals surface area contributed by atoms with Crippen molar-refractivity contribution in [2.45, 2.75) is 58.3 Å². The van der Waals surface area contributed by atoms with E-state index >= 15 is 0 Å². The molecule has 3 aromatic heterocycles. The third-order valence-electron chi connectivity index (χ3n) is 12.4. The first kappa shape index (κ1) is 48.8. The molecule has 8 nitrogen and oxygen atoms in total. The molecule has 0 spiro atoms. The van der Waals surface area contributed by atoms with Gasteiger partial charge in [-0.1, -0.05) is 122 Å². The number of ketones is 2. The molecule has 0 unspecified atom stereocenters. The summed E-state index contributed by atoms with van der Waals surface area (Å²) in [5.74, 6) is 1.70. The van der Waals surface area contributed by atoms with Crippen LogP contribution in [0.1, 0.15) is 79.7 Å². The Kier molecular flexibility index (Phi) is 16.1. The molecule has 351 valence electrons. The van der Waals surface area contributed by atoms with Crippen molar-refractivity contribution >= 4 is 57.9 Å². The van der Waals surface area contributed by atoms with E-state index in [1.165, 1.54) is 12.2 Å². The Morgan fingerprint density at radius 2 is 0.800 bits per heavy atom. The number of aromatic nitrogens is 4. The van der Waals surface area contributed by atoms with Gasteiger partial charge in [0.05, 0.1) is 36.0 Å². The predicted octanol–water partition coefficient (Wildman–Crippen LogP) is 14.3. The molecule has 1 radical (unpaired) electrons. The summed E-state index contributed by atoms with van der Waals surface area (Å²) in [6, 6.07) is 43.4. The van der Waals surface area contributed by atoms with E-state index in [1.807, 2.05) is 42.5 Å². The minimum absolute atomic E-state index is 0. The van der Waals surface area contributed by atoms with E-state index < -0.39 is 0 Å². The molecule has 7 aromatic rings. The number of ether oxygens (including phenoxy) is 2. The van der Waals surface area contributed by atoms with E-state index in [1.54, 1.807) is 0 Å². The fourth-order valence-electron chi connectivity index (χ4n) is 8.77. The molecule has 0 atom stereocenters. The van der Waals surface area contributed by atoms with Gasteiger partial charge in [0.15, 0.2) is 11.6 Å². The van der Waals surface area contributed by atoms with E-state index in [0.717, 1.165) is 145 Å². The summed E-state index contributed by atoms with van der Waals surface area (Å²) in [6.07, 6.45) is 17.3. The topological polar surface area (TPSA) is 107 Å². The third-order valence-corrected chi connectivity index (χ3v) is 12.4. The van der Waals surface area contributed by atoms with Crippen molar-refractivity contribution in [2.24, 2.45) is 0 Å². The Bertz CT molecular complexity index is 3160. The van der Waals surface area contributed by atoms with Gasteiger partial charge in [-0.2, -0.15) is 0 Å². The molecule has 0 fully saturated rings. The second-order valence-corrected chi connectivity index (χ2v) is 17.3. The number of allylic oxidation sites excluding steroid dienone is 2. The van der Waals surface area contributed by atoms with Crippen LogP contribution in [0.25, 0.3) is 90.9 Å². The molecule has 2 aliphatic heterocycles. The van der Waals surface area contributed by atoms with Gasteiger partial charge in [-0.25, -0.2) is 9.97 Å². The molecule has 9 heteroatoms. The van der Waals surface area contributed by atoms with Crippen molar-refractivity contribution in [3.63, 3.8) is 0 Å². The van der Waals surface area contributed by atoms with E-state index in [2.05, 4.69) is 129 Å². The first-order chi connectivity index (χ1) is 33.8. The predicted molar refractivity (Wildman–Crippen MR) is 282 cm³/mol. The zero-order valence-electron chi connectivity index (χ0n) is 39.3. The molecule has 9 rings (SSSR count). The van der Waals surface area contributed by atoms with Gasteiger partial charge in [-0.15, -0.1) is 22.1 Å². The Labute approximate surface area is 420 Å². The molecule has 0 saturated carbocycles. The first-order valence-electron chi connectivity index (χ1n) is 23.8. The second-order valence-electron chi connectivity index (χ2n) is 17.3. The smallest absolute Gasteiger partial charge is 0.657 e. The van der Waals surface area contributed by atoms with Crippen molar-refractivity contribution in [3.05, 3.63) is 181 Å². The average molecular weight is 966 g/mol. The minimum atomic E-state index is 0. The van der Waals surface area contributed by atoms with Crippen LogP contribution in [0.15, 0.2) is 153 Å². The molecule has 8 bridgehead atoms. The van der Waals surface area contributed by atoms with Gasteiger partial charge in [-0.05, 0) is 151 Å². The number of unbranched alkanes of at least 4 members (excludes halogenated alkanes) is 4. The number of aryl methyl sites for hydroxylation is 1. The Balaban J connectivity index is 0.00000659. The van der Waals surface area contributed by atoms with Crippen LogP contribution >= 0.6 is 0 Å². The average Bonchev–Trinajstić information content (AvgIpc) is 4.24. The van der Waals surface area contributed by atoms with Crippen molar-refractivity contribution in [1.82, 2.24) is 19.9 Å². The number of rotatable bonds is 20. The first-order valence-corrected chi connectivity index (χ1v) is 23.8. The summed E-state index contributed by atoms with van der Waals surface area (Å²) < 4.78 is 12.3. The summed E-state index contributed by atoms with van der Waals surface area (Å²) in [6.45, 7) is 10.4. The van der Waals surface area contributed by atoms with Crippen LogP contribution in [0.2, 0.25) is 0 Å². The molecular weight excluding hydrogens is 912 g/mol. The molecule has 2 aliphatic rings. The third kappa shape index (κ3) is 11.5. The van der Waals surface area contributed by atoms with Crippen LogP contribution in [0.4, 0.5) is 0 Å². The molecule has 0 aliphatic carbocycles. The number of carbonyl (C=O) groups is 2. The van der Waals surface area contributed by atoms with E-state index in [-0.39, 0.29) is 28.3 Å². The van der Waals surface area contributed by atoms with Gasteiger partial charge < -0.3 is 19.4 Å². The summed E-state index contributed by atoms with van der Waals surface area (Å²) in [5.41, 5.74) is 15.0. The molecule has 0 saturated heterocycles. The number of nitrogens with zero attached hydrogens (tertiary/aromatic N) is 4. The van der Waals surface area contributed by atoms with E-state index in [4.69, 9.17) is 29.4 Å². The van der Waals surface area contributed by atoms with Crippen molar-refractivity contribution in [3.8, 4) is 56.0 Å². The number of fused-ring (bicyclic) bond motifs is 8. The van der Waals surface area contributed by atoms with Crippen LogP contribution in [-0.2, 0) is 26.4 Å². The summed E-state index contributed by atoms with van der Waals surface area (Å²) in [4.78, 5) is 44.9. The van der Waals surface area contributed by atoms with Crippen LogP contribution in [-0.4, -0.2) is 34.7 Å². The SMILES string of the molecule is C=CC(=O)CCCCCOc1ccc(-c2c3nc(c(-c4ccc(C)cc4)c4ccc([n-]4)c(-c4ccc(OCCCCCC(=O)C=C)cc4)c4nc(c(-c5ccccc5)c5ccc2[n-]5)C=C4)C=C3)cc1.[Co+2]. The normalized spacial score (nSPS) is 11.5. The fraction of sp³-hybridized carbons (Fsp3) is 0.180. The second kappa shape index (κ2) is 23.1. The number of hydrogen-bond acceptors (Lipinski definition) is 6. The molecule has 4 aromatic carbocycles. The molecule has 5 heterocycles. The molecule has 0 N–H and O–H groups in total. The summed E-state index contributed by atoms with van der Waals surface area (Å²) in [5, 5.41) is 0. The molecular formula is C61H54CoN4O4. The van der Waals surface area contributed by atoms with Crippen molar-refractivity contribution in [2.75, 3.05) is 13.2 Å². The quantitative estimate of drug-likeness (QED) is 0.0549. The summed E-state index contributed by atoms with van der Waals surface area (Å²) in [7, 11) is 0.